The predicted octanol–water partition coefficient (Wildman–Crippen LogP) is 3.30. The van der Waals surface area contributed by atoms with Crippen molar-refractivity contribution in [1.29, 1.82) is 0 Å². The molecule has 3 aromatic heterocycles. The van der Waals surface area contributed by atoms with Gasteiger partial charge in [-0.25, -0.2) is 9.37 Å². The van der Waals surface area contributed by atoms with Crippen molar-refractivity contribution in [2.75, 3.05) is 7.11 Å². The van der Waals surface area contributed by atoms with E-state index in [1.54, 1.807) is 36.1 Å². The van der Waals surface area contributed by atoms with Gasteiger partial charge in [-0.15, -0.1) is 0 Å². The molecule has 5 aromatic rings. The summed E-state index contributed by atoms with van der Waals surface area (Å²) in [4.78, 5) is 22.1. The zero-order valence-corrected chi connectivity index (χ0v) is 16.0. The van der Waals surface area contributed by atoms with Crippen LogP contribution in [0.3, 0.4) is 0 Å². The smallest absolute Gasteiger partial charge is 0.262 e. The lowest BCUT2D eigenvalue weighted by atomic mass is 10.1. The molecular formula is C22H16FN5O2. The van der Waals surface area contributed by atoms with Crippen molar-refractivity contribution >= 4 is 16.7 Å². The molecule has 3 heterocycles. The van der Waals surface area contributed by atoms with Crippen molar-refractivity contribution in [3.8, 4) is 17.0 Å². The van der Waals surface area contributed by atoms with E-state index >= 15 is 0 Å². The van der Waals surface area contributed by atoms with Crippen molar-refractivity contribution < 1.29 is 9.13 Å². The van der Waals surface area contributed by atoms with E-state index in [1.165, 1.54) is 23.0 Å². The molecule has 0 fully saturated rings. The Hall–Kier alpha value is -4.07. The number of nitrogens with zero attached hydrogens (tertiary/aromatic N) is 5. The summed E-state index contributed by atoms with van der Waals surface area (Å²) in [6.45, 7) is 0.386. The van der Waals surface area contributed by atoms with Gasteiger partial charge in [0.05, 0.1) is 30.3 Å². The summed E-state index contributed by atoms with van der Waals surface area (Å²) < 4.78 is 21.8. The zero-order chi connectivity index (χ0) is 20.7. The van der Waals surface area contributed by atoms with Gasteiger partial charge in [-0.1, -0.05) is 12.1 Å². The molecule has 0 bridgehead atoms. The van der Waals surface area contributed by atoms with Gasteiger partial charge in [0.1, 0.15) is 17.9 Å². The van der Waals surface area contributed by atoms with E-state index in [4.69, 9.17) is 4.74 Å². The van der Waals surface area contributed by atoms with Gasteiger partial charge in [0.2, 0.25) is 0 Å². The van der Waals surface area contributed by atoms with Gasteiger partial charge in [-0.05, 0) is 48.0 Å². The highest BCUT2D eigenvalue weighted by Crippen LogP contribution is 2.26. The molecule has 5 rings (SSSR count). The highest BCUT2D eigenvalue weighted by molar-refractivity contribution is 5.93. The Balaban J connectivity index is 1.73. The second-order valence-corrected chi connectivity index (χ2v) is 6.80. The van der Waals surface area contributed by atoms with E-state index in [1.807, 2.05) is 24.3 Å². The van der Waals surface area contributed by atoms with Crippen LogP contribution in [0.15, 0.2) is 71.9 Å². The summed E-state index contributed by atoms with van der Waals surface area (Å²) in [6.07, 6.45) is 3.09. The molecule has 0 amide bonds. The Morgan fingerprint density at radius 3 is 2.53 bits per heavy atom. The third-order valence-corrected chi connectivity index (χ3v) is 4.97. The second kappa shape index (κ2) is 7.07. The normalized spacial score (nSPS) is 11.3. The van der Waals surface area contributed by atoms with Crippen molar-refractivity contribution in [1.82, 2.24) is 24.1 Å². The minimum Gasteiger partial charge on any atom is -0.497 e. The number of ether oxygens (including phenoxy) is 1. The fraction of sp³-hybridized carbons (Fsp3) is 0.0909. The fourth-order valence-electron chi connectivity index (χ4n) is 3.49. The second-order valence-electron chi connectivity index (χ2n) is 6.80. The third-order valence-electron chi connectivity index (χ3n) is 4.97. The number of halogens is 1. The van der Waals surface area contributed by atoms with E-state index in [0.29, 0.717) is 34.5 Å². The van der Waals surface area contributed by atoms with Gasteiger partial charge < -0.3 is 9.30 Å². The summed E-state index contributed by atoms with van der Waals surface area (Å²) >= 11 is 0. The van der Waals surface area contributed by atoms with Crippen LogP contribution in [0.5, 0.6) is 5.75 Å². The molecule has 2 aromatic carbocycles. The van der Waals surface area contributed by atoms with Crippen LogP contribution in [0.2, 0.25) is 0 Å². The lowest BCUT2D eigenvalue weighted by Gasteiger charge is -2.12. The monoisotopic (exact) mass is 401 g/mol. The molecule has 0 saturated carbocycles. The van der Waals surface area contributed by atoms with E-state index in [9.17, 15) is 9.18 Å². The first-order valence-electron chi connectivity index (χ1n) is 9.26. The van der Waals surface area contributed by atoms with Gasteiger partial charge in [0, 0.05) is 11.8 Å². The van der Waals surface area contributed by atoms with Crippen LogP contribution in [-0.4, -0.2) is 31.3 Å². The fourth-order valence-corrected chi connectivity index (χ4v) is 3.49. The predicted molar refractivity (Wildman–Crippen MR) is 110 cm³/mol. The van der Waals surface area contributed by atoms with Crippen LogP contribution in [0, 0.1) is 5.82 Å². The van der Waals surface area contributed by atoms with E-state index in [2.05, 4.69) is 15.1 Å². The topological polar surface area (TPSA) is 74.3 Å². The van der Waals surface area contributed by atoms with Crippen LogP contribution >= 0.6 is 0 Å². The Labute approximate surface area is 170 Å². The van der Waals surface area contributed by atoms with Gasteiger partial charge in [-0.2, -0.15) is 14.6 Å². The molecule has 8 heteroatoms. The molecule has 30 heavy (non-hydrogen) atoms. The van der Waals surface area contributed by atoms with Gasteiger partial charge in [0.25, 0.3) is 11.3 Å². The van der Waals surface area contributed by atoms with Gasteiger partial charge >= 0.3 is 0 Å². The minimum absolute atomic E-state index is 0.215. The third kappa shape index (κ3) is 2.98. The summed E-state index contributed by atoms with van der Waals surface area (Å²) in [5.74, 6) is 0.763. The first kappa shape index (κ1) is 18.0. The van der Waals surface area contributed by atoms with Crippen LogP contribution in [-0.2, 0) is 6.54 Å². The number of benzene rings is 2. The van der Waals surface area contributed by atoms with Crippen molar-refractivity contribution in [2.24, 2.45) is 0 Å². The molecular weight excluding hydrogens is 385 g/mol. The average molecular weight is 401 g/mol. The molecule has 0 unspecified atom stereocenters. The molecule has 0 N–H and O–H groups in total. The number of methoxy groups -OCH3 is 1. The molecule has 7 nitrogen and oxygen atoms in total. The Bertz CT molecular complexity index is 1420. The van der Waals surface area contributed by atoms with Crippen molar-refractivity contribution in [3.63, 3.8) is 0 Å². The number of fused-ring (bicyclic) bond motifs is 2. The Morgan fingerprint density at radius 1 is 1.03 bits per heavy atom. The standard InChI is InChI=1S/C22H16FN5O2/c1-30-17-8-2-14(3-9-17)12-27-11-10-18-19(21(27)29)20(15-4-6-16(23)7-5-15)28-22(26-18)24-13-25-28/h2-11,13H,12H2,1H3. The maximum Gasteiger partial charge on any atom is 0.262 e. The number of pyridine rings is 1. The highest BCUT2D eigenvalue weighted by atomic mass is 19.1. The quantitative estimate of drug-likeness (QED) is 0.462. The molecule has 0 atom stereocenters. The van der Waals surface area contributed by atoms with Crippen LogP contribution < -0.4 is 10.3 Å². The number of aromatic nitrogens is 5. The van der Waals surface area contributed by atoms with E-state index < -0.39 is 0 Å². The lowest BCUT2D eigenvalue weighted by Crippen LogP contribution is -2.22. The molecule has 0 radical (unpaired) electrons. The average Bonchev–Trinajstić information content (AvgIpc) is 3.24. The summed E-state index contributed by atoms with van der Waals surface area (Å²) in [6, 6.07) is 15.2. The maximum atomic E-state index is 13.5. The van der Waals surface area contributed by atoms with Gasteiger partial charge in [-0.3, -0.25) is 4.79 Å². The molecule has 148 valence electrons. The Kier molecular flexibility index (Phi) is 4.24. The largest absolute Gasteiger partial charge is 0.497 e. The SMILES string of the molecule is COc1ccc(Cn2ccc3nc4ncnn4c(-c4ccc(F)cc4)c3c2=O)cc1. The zero-order valence-electron chi connectivity index (χ0n) is 16.0. The van der Waals surface area contributed by atoms with Crippen LogP contribution in [0.25, 0.3) is 27.9 Å². The number of hydrogen-bond acceptors (Lipinski definition) is 5. The molecule has 0 aliphatic heterocycles. The number of hydrogen-bond donors (Lipinski definition) is 0. The maximum absolute atomic E-state index is 13.5. The van der Waals surface area contributed by atoms with Crippen LogP contribution in [0.4, 0.5) is 4.39 Å². The molecule has 0 spiro atoms. The first-order valence-corrected chi connectivity index (χ1v) is 9.26. The lowest BCUT2D eigenvalue weighted by molar-refractivity contribution is 0.414. The highest BCUT2D eigenvalue weighted by Gasteiger charge is 2.17. The van der Waals surface area contributed by atoms with Crippen molar-refractivity contribution in [2.45, 2.75) is 6.54 Å². The number of rotatable bonds is 4. The molecule has 0 aliphatic carbocycles. The Morgan fingerprint density at radius 2 is 1.80 bits per heavy atom. The van der Waals surface area contributed by atoms with Crippen LogP contribution in [0.1, 0.15) is 5.56 Å². The van der Waals surface area contributed by atoms with E-state index in [0.717, 1.165) is 11.3 Å². The molecule has 0 aliphatic rings. The summed E-state index contributed by atoms with van der Waals surface area (Å²) in [5, 5.41) is 4.63. The summed E-state index contributed by atoms with van der Waals surface area (Å²) in [5.41, 5.74) is 2.42. The molecule has 0 saturated heterocycles. The van der Waals surface area contributed by atoms with Gasteiger partial charge in [0.15, 0.2) is 0 Å². The van der Waals surface area contributed by atoms with E-state index in [-0.39, 0.29) is 11.4 Å². The summed E-state index contributed by atoms with van der Waals surface area (Å²) in [7, 11) is 1.61. The van der Waals surface area contributed by atoms with Crippen molar-refractivity contribution in [3.05, 3.63) is 88.9 Å². The first-order chi connectivity index (χ1) is 14.6. The minimum atomic E-state index is -0.358.